The summed E-state index contributed by atoms with van der Waals surface area (Å²) in [6.07, 6.45) is 4.14. The molecule has 302 valence electrons. The summed E-state index contributed by atoms with van der Waals surface area (Å²) >= 11 is 0. The summed E-state index contributed by atoms with van der Waals surface area (Å²) in [5, 5.41) is 80.8. The van der Waals surface area contributed by atoms with Crippen LogP contribution in [-0.4, -0.2) is 111 Å². The highest BCUT2D eigenvalue weighted by molar-refractivity contribution is 5.78. The summed E-state index contributed by atoms with van der Waals surface area (Å²) in [4.78, 5) is 25.9. The van der Waals surface area contributed by atoms with Gasteiger partial charge in [-0.15, -0.1) is 0 Å². The number of allylic oxidation sites excluding steroid dienone is 3. The van der Waals surface area contributed by atoms with Crippen LogP contribution in [0, 0.1) is 67.5 Å². The Hall–Kier alpha value is -1.90. The minimum Gasteiger partial charge on any atom is -0.481 e. The lowest BCUT2D eigenvalue weighted by Gasteiger charge is -2.78. The van der Waals surface area contributed by atoms with Gasteiger partial charge in [0.15, 0.2) is 6.29 Å². The van der Waals surface area contributed by atoms with Gasteiger partial charge < -0.3 is 50.5 Å². The Labute approximate surface area is 318 Å². The fourth-order valence-electron chi connectivity index (χ4n) is 14.9. The number of carboxylic acid groups (broad SMARTS) is 1. The first kappa shape index (κ1) is 38.9. The van der Waals surface area contributed by atoms with Crippen molar-refractivity contribution in [1.29, 1.82) is 0 Å². The Morgan fingerprint density at radius 1 is 0.981 bits per heavy atom. The lowest BCUT2D eigenvalue weighted by Crippen LogP contribution is -2.78. The van der Waals surface area contributed by atoms with Gasteiger partial charge in [0.05, 0.1) is 30.8 Å². The standard InChI is InChI=1S/C42H63NO11/c1-36(20-44)10-12-41(35(51)52)13-11-38(3)24(25(41)17-36)6-7-27-39(38,4)16-23-8-9-42(15-22-14-28(47)43-18-22)32(50)33(37(2,21-45)31(23)40(27,42)5)54-34-30(49)29(48)26(46)19-53-34/h6,8-9,22-23,25-27,29-34,44-46,48-50H,7,10-21H2,1-5H3,(H,43,47)(H,51,52)/t22-,23-,25-,26+,27-,29-,30+,31+,32-,33+,34-,36-,37-,38+,39+,40+,41-,42+/m0/s1. The van der Waals surface area contributed by atoms with Crippen molar-refractivity contribution in [1.82, 2.24) is 5.32 Å². The average Bonchev–Trinajstić information content (AvgIpc) is 3.54. The number of rotatable bonds is 7. The zero-order valence-corrected chi connectivity index (χ0v) is 32.5. The van der Waals surface area contributed by atoms with Gasteiger partial charge in [-0.25, -0.2) is 0 Å². The molecule has 0 unspecified atom stereocenters. The lowest BCUT2D eigenvalue weighted by molar-refractivity contribution is -0.359. The van der Waals surface area contributed by atoms with Crippen LogP contribution in [0.3, 0.4) is 0 Å². The molecule has 12 nitrogen and oxygen atoms in total. The van der Waals surface area contributed by atoms with E-state index in [4.69, 9.17) is 9.47 Å². The van der Waals surface area contributed by atoms with Gasteiger partial charge in [-0.3, -0.25) is 9.59 Å². The molecule has 12 heteroatoms. The minimum absolute atomic E-state index is 0.00452. The van der Waals surface area contributed by atoms with Crippen LogP contribution in [0.15, 0.2) is 23.8 Å². The van der Waals surface area contributed by atoms with Gasteiger partial charge in [-0.1, -0.05) is 58.4 Å². The zero-order valence-electron chi connectivity index (χ0n) is 32.5. The van der Waals surface area contributed by atoms with E-state index in [1.165, 1.54) is 5.57 Å². The van der Waals surface area contributed by atoms with Gasteiger partial charge in [-0.05, 0) is 103 Å². The van der Waals surface area contributed by atoms with Crippen LogP contribution in [0.25, 0.3) is 0 Å². The molecule has 6 fully saturated rings. The minimum atomic E-state index is -1.58. The Balaban J connectivity index is 1.27. The maximum Gasteiger partial charge on any atom is 0.310 e. The van der Waals surface area contributed by atoms with E-state index in [-0.39, 0.29) is 71.6 Å². The van der Waals surface area contributed by atoms with Crippen molar-refractivity contribution >= 4 is 11.9 Å². The molecule has 2 heterocycles. The Kier molecular flexibility index (Phi) is 9.05. The molecule has 4 saturated carbocycles. The van der Waals surface area contributed by atoms with E-state index in [1.54, 1.807) is 0 Å². The van der Waals surface area contributed by atoms with Crippen molar-refractivity contribution in [2.75, 3.05) is 26.4 Å². The van der Waals surface area contributed by atoms with Gasteiger partial charge in [0.25, 0.3) is 0 Å². The second kappa shape index (κ2) is 12.5. The van der Waals surface area contributed by atoms with Crippen LogP contribution in [-0.2, 0) is 19.1 Å². The molecule has 6 aliphatic carbocycles. The van der Waals surface area contributed by atoms with Crippen LogP contribution in [0.4, 0.5) is 0 Å². The largest absolute Gasteiger partial charge is 0.481 e. The molecule has 1 amide bonds. The van der Waals surface area contributed by atoms with Crippen molar-refractivity contribution in [3.63, 3.8) is 0 Å². The van der Waals surface area contributed by atoms with E-state index in [9.17, 15) is 45.3 Å². The van der Waals surface area contributed by atoms with Crippen molar-refractivity contribution in [3.8, 4) is 0 Å². The number of aliphatic hydroxyl groups excluding tert-OH is 6. The number of aliphatic hydroxyl groups is 6. The highest BCUT2D eigenvalue weighted by Gasteiger charge is 2.79. The van der Waals surface area contributed by atoms with Crippen molar-refractivity contribution in [3.05, 3.63) is 23.8 Å². The number of amides is 1. The summed E-state index contributed by atoms with van der Waals surface area (Å²) in [6.45, 7) is 11.0. The van der Waals surface area contributed by atoms with E-state index >= 15 is 0 Å². The molecule has 8 aliphatic rings. The first-order chi connectivity index (χ1) is 25.3. The SMILES string of the molecule is C[C@]1(CO)CC[C@]2(C(=O)O)CC[C@]3(C)C(=CC[C@@H]4[C@]5(C)[C@@H]6[C@@H](C=C[C@@]5(C[C@H]5CNC(=O)C5)[C@@H](O)[C@@H](O[C@@H]5OC[C@@H](O)[C@H](O)[C@H]5O)[C@@]6(C)CO)C[C@]43C)[C@@H]2C1. The monoisotopic (exact) mass is 757 g/mol. The fourth-order valence-corrected chi connectivity index (χ4v) is 14.9. The second-order valence-corrected chi connectivity index (χ2v) is 20.4. The number of carboxylic acids is 1. The highest BCUT2D eigenvalue weighted by atomic mass is 16.7. The quantitative estimate of drug-likeness (QED) is 0.140. The van der Waals surface area contributed by atoms with E-state index in [1.807, 2.05) is 6.92 Å². The maximum atomic E-state index is 13.3. The van der Waals surface area contributed by atoms with E-state index in [0.717, 1.165) is 6.42 Å². The fraction of sp³-hybridized carbons (Fsp3) is 0.857. The third kappa shape index (κ3) is 4.83. The number of aliphatic carboxylic acids is 1. The van der Waals surface area contributed by atoms with E-state index in [2.05, 4.69) is 51.2 Å². The number of fused-ring (bicyclic) bond motifs is 5. The van der Waals surface area contributed by atoms with Gasteiger partial charge in [0, 0.05) is 30.4 Å². The third-order valence-electron chi connectivity index (χ3n) is 18.1. The van der Waals surface area contributed by atoms with Crippen LogP contribution in [0.1, 0.15) is 92.4 Å². The maximum absolute atomic E-state index is 13.3. The summed E-state index contributed by atoms with van der Waals surface area (Å²) in [7, 11) is 0. The Morgan fingerprint density at radius 2 is 1.70 bits per heavy atom. The molecule has 0 aromatic heterocycles. The predicted octanol–water partition coefficient (Wildman–Crippen LogP) is 2.53. The summed E-state index contributed by atoms with van der Waals surface area (Å²) in [5.41, 5.74) is -3.34. The van der Waals surface area contributed by atoms with Gasteiger partial charge in [0.1, 0.15) is 18.3 Å². The highest BCUT2D eigenvalue weighted by Crippen LogP contribution is 2.81. The van der Waals surface area contributed by atoms with Crippen LogP contribution in [0.2, 0.25) is 0 Å². The molecule has 0 aromatic rings. The van der Waals surface area contributed by atoms with Crippen LogP contribution < -0.4 is 5.32 Å². The Morgan fingerprint density at radius 3 is 2.35 bits per heavy atom. The molecule has 8 N–H and O–H groups in total. The summed E-state index contributed by atoms with van der Waals surface area (Å²) in [6, 6.07) is 0. The van der Waals surface area contributed by atoms with Crippen molar-refractivity contribution < 1.29 is 54.8 Å². The molecule has 2 aliphatic heterocycles. The first-order valence-electron chi connectivity index (χ1n) is 20.4. The zero-order chi connectivity index (χ0) is 39.0. The molecule has 0 radical (unpaired) electrons. The predicted molar refractivity (Wildman–Crippen MR) is 195 cm³/mol. The number of hydrogen-bond donors (Lipinski definition) is 8. The first-order valence-corrected chi connectivity index (χ1v) is 20.4. The number of carbonyl (C=O) groups is 2. The normalized spacial score (nSPS) is 56.2. The molecule has 0 aromatic carbocycles. The molecule has 54 heavy (non-hydrogen) atoms. The number of hydrogen-bond acceptors (Lipinski definition) is 10. The Bertz CT molecular complexity index is 1620. The lowest BCUT2D eigenvalue weighted by atomic mass is 9.26. The van der Waals surface area contributed by atoms with Crippen LogP contribution >= 0.6 is 0 Å². The van der Waals surface area contributed by atoms with Crippen LogP contribution in [0.5, 0.6) is 0 Å². The average molecular weight is 758 g/mol. The molecular weight excluding hydrogens is 694 g/mol. The van der Waals surface area contributed by atoms with E-state index < -0.39 is 64.4 Å². The summed E-state index contributed by atoms with van der Waals surface area (Å²) < 4.78 is 12.3. The number of nitrogens with one attached hydrogen (secondary N) is 1. The third-order valence-corrected chi connectivity index (χ3v) is 18.1. The van der Waals surface area contributed by atoms with Crippen molar-refractivity contribution in [2.24, 2.45) is 67.5 Å². The number of ether oxygens (including phenoxy) is 2. The molecule has 8 rings (SSSR count). The number of carbonyl (C=O) groups excluding carboxylic acids is 1. The van der Waals surface area contributed by atoms with Crippen molar-refractivity contribution in [2.45, 2.75) is 129 Å². The van der Waals surface area contributed by atoms with E-state index in [0.29, 0.717) is 57.9 Å². The topological polar surface area (TPSA) is 206 Å². The molecule has 18 atom stereocenters. The van der Waals surface area contributed by atoms with Gasteiger partial charge >= 0.3 is 5.97 Å². The second-order valence-electron chi connectivity index (χ2n) is 20.4. The smallest absolute Gasteiger partial charge is 0.310 e. The van der Waals surface area contributed by atoms with Gasteiger partial charge in [-0.2, -0.15) is 0 Å². The molecule has 4 bridgehead atoms. The van der Waals surface area contributed by atoms with Gasteiger partial charge in [0.2, 0.25) is 5.91 Å². The summed E-state index contributed by atoms with van der Waals surface area (Å²) in [5.74, 6) is -1.30. The molecule has 0 spiro atoms. The molecule has 2 saturated heterocycles. The molecular formula is C42H63NO11.